The van der Waals surface area contributed by atoms with Gasteiger partial charge in [0.2, 0.25) is 0 Å². The first-order chi connectivity index (χ1) is 3.56. The van der Waals surface area contributed by atoms with E-state index in [0.717, 1.165) is 0 Å². The van der Waals surface area contributed by atoms with Gasteiger partial charge in [-0.1, -0.05) is 6.58 Å². The molecule has 0 radical (unpaired) electrons. The van der Waals surface area contributed by atoms with Crippen molar-refractivity contribution in [3.8, 4) is 0 Å². The standard InChI is InChI=1S/C2H4O3S.S.V/c1-2-6(3,4)5;;/h2H,1H2,(H,3,4,5);;. The van der Waals surface area contributed by atoms with Gasteiger partial charge >= 0.3 is 26.0 Å². The summed E-state index contributed by atoms with van der Waals surface area (Å²) >= 11 is 1.90. The molecule has 0 aliphatic rings. The SMILES string of the molecule is C=CS(=O)(=O)O.[S]=[V]. The molecule has 3 nitrogen and oxygen atoms in total. The Bertz CT molecular complexity index is 137. The van der Waals surface area contributed by atoms with Crippen molar-refractivity contribution in [1.29, 1.82) is 0 Å². The fraction of sp³-hybridized carbons (Fsp3) is 0. The molecule has 0 amide bonds. The van der Waals surface area contributed by atoms with Crippen molar-refractivity contribution < 1.29 is 28.7 Å². The molecule has 0 saturated carbocycles. The van der Waals surface area contributed by atoms with Crippen LogP contribution in [0.15, 0.2) is 12.0 Å². The second-order valence-corrected chi connectivity index (χ2v) is 2.04. The Balaban J connectivity index is 0. The molecular weight excluding hydrogens is 187 g/mol. The van der Waals surface area contributed by atoms with Crippen LogP contribution in [-0.2, 0) is 25.8 Å². The summed E-state index contributed by atoms with van der Waals surface area (Å²) in [5, 5.41) is 0.465. The molecule has 0 aromatic heterocycles. The quantitative estimate of drug-likeness (QED) is 0.618. The van der Waals surface area contributed by atoms with E-state index in [0.29, 0.717) is 5.41 Å². The van der Waals surface area contributed by atoms with Crippen LogP contribution in [-0.4, -0.2) is 13.0 Å². The maximum atomic E-state index is 9.44. The molecular formula is C2H4O3S2V. The third-order valence-corrected chi connectivity index (χ3v) is 0.632. The average Bonchev–Trinajstić information content (AvgIpc) is 1.71. The van der Waals surface area contributed by atoms with E-state index in [9.17, 15) is 8.42 Å². The number of rotatable bonds is 1. The van der Waals surface area contributed by atoms with Gasteiger partial charge in [0.05, 0.1) is 5.41 Å². The minimum atomic E-state index is -3.90. The average molecular weight is 191 g/mol. The predicted octanol–water partition coefficient (Wildman–Crippen LogP) is 0.663. The van der Waals surface area contributed by atoms with Crippen LogP contribution in [0, 0.1) is 0 Å². The van der Waals surface area contributed by atoms with Gasteiger partial charge in [0.25, 0.3) is 10.1 Å². The fourth-order valence-electron chi connectivity index (χ4n) is 0. The van der Waals surface area contributed by atoms with Crippen molar-refractivity contribution >= 4 is 20.4 Å². The van der Waals surface area contributed by atoms with E-state index in [1.165, 1.54) is 0 Å². The van der Waals surface area contributed by atoms with Crippen molar-refractivity contribution in [3.63, 3.8) is 0 Å². The van der Waals surface area contributed by atoms with Crippen molar-refractivity contribution in [2.24, 2.45) is 0 Å². The molecule has 1 N–H and O–H groups in total. The first-order valence-corrected chi connectivity index (χ1v) is 4.92. The van der Waals surface area contributed by atoms with Gasteiger partial charge in [-0.05, 0) is 0 Å². The topological polar surface area (TPSA) is 54.4 Å². The molecule has 6 heteroatoms. The third kappa shape index (κ3) is 16.1. The van der Waals surface area contributed by atoms with Crippen molar-refractivity contribution in [3.05, 3.63) is 12.0 Å². The minimum absolute atomic E-state index is 0.465. The van der Waals surface area contributed by atoms with Crippen molar-refractivity contribution in [1.82, 2.24) is 0 Å². The van der Waals surface area contributed by atoms with Crippen molar-refractivity contribution in [2.75, 3.05) is 0 Å². The molecule has 0 heterocycles. The van der Waals surface area contributed by atoms with E-state index in [-0.39, 0.29) is 0 Å². The fourth-order valence-corrected chi connectivity index (χ4v) is 0. The summed E-state index contributed by atoms with van der Waals surface area (Å²) < 4.78 is 26.6. The normalized spacial score (nSPS) is 8.50. The number of hydrogen-bond donors (Lipinski definition) is 1. The zero-order valence-corrected chi connectivity index (χ0v) is 6.84. The Labute approximate surface area is 61.2 Å². The Kier molecular flexibility index (Phi) is 7.88. The van der Waals surface area contributed by atoms with E-state index in [1.54, 1.807) is 0 Å². The Morgan fingerprint density at radius 2 is 1.75 bits per heavy atom. The maximum absolute atomic E-state index is 9.44. The van der Waals surface area contributed by atoms with E-state index in [1.807, 2.05) is 15.7 Å². The van der Waals surface area contributed by atoms with Gasteiger partial charge in [-0.15, -0.1) is 0 Å². The summed E-state index contributed by atoms with van der Waals surface area (Å²) in [6, 6.07) is 0. The molecule has 0 aromatic carbocycles. The van der Waals surface area contributed by atoms with Gasteiger partial charge in [0, 0.05) is 0 Å². The summed E-state index contributed by atoms with van der Waals surface area (Å²) in [6.07, 6.45) is 0. The molecule has 0 saturated heterocycles. The summed E-state index contributed by atoms with van der Waals surface area (Å²) in [5.74, 6) is 0. The van der Waals surface area contributed by atoms with E-state index in [2.05, 4.69) is 16.9 Å². The van der Waals surface area contributed by atoms with E-state index >= 15 is 0 Å². The van der Waals surface area contributed by atoms with Gasteiger partial charge in [-0.25, -0.2) is 0 Å². The van der Waals surface area contributed by atoms with Gasteiger partial charge in [-0.3, -0.25) is 4.55 Å². The zero-order chi connectivity index (χ0) is 7.21. The summed E-state index contributed by atoms with van der Waals surface area (Å²) in [7, 11) is 0.123. The van der Waals surface area contributed by atoms with Crippen LogP contribution in [0.3, 0.4) is 0 Å². The Morgan fingerprint density at radius 1 is 1.62 bits per heavy atom. The Hall–Kier alpha value is 0.454. The van der Waals surface area contributed by atoms with Gasteiger partial charge < -0.3 is 0 Å². The third-order valence-electron chi connectivity index (χ3n) is 0.211. The van der Waals surface area contributed by atoms with Crippen LogP contribution < -0.4 is 0 Å². The Morgan fingerprint density at radius 3 is 1.75 bits per heavy atom. The molecule has 0 rings (SSSR count). The summed E-state index contributed by atoms with van der Waals surface area (Å²) in [5.41, 5.74) is 0. The second kappa shape index (κ2) is 5.59. The molecule has 0 bridgehead atoms. The van der Waals surface area contributed by atoms with Gasteiger partial charge in [0.15, 0.2) is 0 Å². The van der Waals surface area contributed by atoms with Crippen LogP contribution in [0.2, 0.25) is 0 Å². The first-order valence-electron chi connectivity index (χ1n) is 1.34. The van der Waals surface area contributed by atoms with Crippen LogP contribution in [0.5, 0.6) is 0 Å². The van der Waals surface area contributed by atoms with Crippen LogP contribution in [0.25, 0.3) is 0 Å². The molecule has 47 valence electrons. The van der Waals surface area contributed by atoms with E-state index in [4.69, 9.17) is 4.55 Å². The second-order valence-electron chi connectivity index (χ2n) is 0.682. The number of hydrogen-bond acceptors (Lipinski definition) is 3. The zero-order valence-electron chi connectivity index (χ0n) is 3.81. The van der Waals surface area contributed by atoms with Crippen LogP contribution in [0.4, 0.5) is 0 Å². The molecule has 0 spiro atoms. The first kappa shape index (κ1) is 11.3. The summed E-state index contributed by atoms with van der Waals surface area (Å²) in [6.45, 7) is 2.79. The summed E-state index contributed by atoms with van der Waals surface area (Å²) in [4.78, 5) is 0. The van der Waals surface area contributed by atoms with Gasteiger partial charge in [0.1, 0.15) is 0 Å². The molecule has 0 atom stereocenters. The molecule has 0 fully saturated rings. The van der Waals surface area contributed by atoms with Crippen LogP contribution >= 0.6 is 10.3 Å². The monoisotopic (exact) mass is 191 g/mol. The van der Waals surface area contributed by atoms with E-state index < -0.39 is 10.1 Å². The molecule has 0 aromatic rings. The molecule has 0 aliphatic carbocycles. The van der Waals surface area contributed by atoms with Crippen LogP contribution in [0.1, 0.15) is 0 Å². The van der Waals surface area contributed by atoms with Gasteiger partial charge in [-0.2, -0.15) is 8.42 Å². The van der Waals surface area contributed by atoms with Crippen molar-refractivity contribution in [2.45, 2.75) is 0 Å². The molecule has 8 heavy (non-hydrogen) atoms. The molecule has 0 aliphatic heterocycles. The predicted molar refractivity (Wildman–Crippen MR) is 29.3 cm³/mol. The molecule has 0 unspecified atom stereocenters.